The Balaban J connectivity index is 1.68. The van der Waals surface area contributed by atoms with E-state index in [-0.39, 0.29) is 18.1 Å². The molecule has 0 aliphatic rings. The Bertz CT molecular complexity index is 955. The van der Waals surface area contributed by atoms with Crippen LogP contribution in [0.15, 0.2) is 53.6 Å². The van der Waals surface area contributed by atoms with Crippen molar-refractivity contribution in [3.63, 3.8) is 0 Å². The number of hydrogen-bond donors (Lipinski definition) is 1. The van der Waals surface area contributed by atoms with Crippen LogP contribution >= 0.6 is 11.6 Å². The number of aromatic nitrogens is 1. The third kappa shape index (κ3) is 4.39. The first kappa shape index (κ1) is 17.0. The van der Waals surface area contributed by atoms with E-state index in [1.54, 1.807) is 12.1 Å². The number of aryl methyl sites for hydroxylation is 1. The summed E-state index contributed by atoms with van der Waals surface area (Å²) in [6, 6.07) is 13.5. The molecule has 4 nitrogen and oxygen atoms in total. The van der Waals surface area contributed by atoms with Crippen LogP contribution in [0.4, 0.5) is 4.39 Å². The van der Waals surface area contributed by atoms with Crippen molar-refractivity contribution in [1.29, 1.82) is 0 Å². The van der Waals surface area contributed by atoms with Gasteiger partial charge in [0, 0.05) is 10.9 Å². The van der Waals surface area contributed by atoms with E-state index in [2.05, 4.69) is 15.5 Å². The van der Waals surface area contributed by atoms with Gasteiger partial charge >= 0.3 is 0 Å². The highest BCUT2D eigenvalue weighted by Gasteiger charge is 2.05. The van der Waals surface area contributed by atoms with Gasteiger partial charge in [-0.25, -0.2) is 14.8 Å². The maximum Gasteiger partial charge on any atom is 0.244 e. The van der Waals surface area contributed by atoms with Crippen molar-refractivity contribution in [2.24, 2.45) is 5.10 Å². The summed E-state index contributed by atoms with van der Waals surface area (Å²) in [5.74, 6) is -0.640. The quantitative estimate of drug-likeness (QED) is 0.436. The predicted octanol–water partition coefficient (Wildman–Crippen LogP) is 4.03. The summed E-state index contributed by atoms with van der Waals surface area (Å²) in [4.78, 5) is 16.2. The van der Waals surface area contributed by atoms with Gasteiger partial charge in [0.05, 0.1) is 18.2 Å². The Morgan fingerprint density at radius 2 is 2.00 bits per heavy atom. The fourth-order valence-corrected chi connectivity index (χ4v) is 2.56. The van der Waals surface area contributed by atoms with Gasteiger partial charge in [-0.1, -0.05) is 35.9 Å². The lowest BCUT2D eigenvalue weighted by atomic mass is 10.1. The van der Waals surface area contributed by atoms with Crippen LogP contribution in [0.3, 0.4) is 0 Å². The Morgan fingerprint density at radius 1 is 1.24 bits per heavy atom. The molecule has 0 atom stereocenters. The highest BCUT2D eigenvalue weighted by molar-refractivity contribution is 6.32. The van der Waals surface area contributed by atoms with Crippen LogP contribution in [-0.2, 0) is 11.2 Å². The number of fused-ring (bicyclic) bond motifs is 1. The minimum absolute atomic E-state index is 0.112. The molecule has 3 rings (SSSR count). The van der Waals surface area contributed by atoms with Gasteiger partial charge in [-0.3, -0.25) is 4.79 Å². The summed E-state index contributed by atoms with van der Waals surface area (Å²) < 4.78 is 12.8. The molecule has 1 aromatic heterocycles. The lowest BCUT2D eigenvalue weighted by Gasteiger charge is -2.03. The van der Waals surface area contributed by atoms with Gasteiger partial charge in [-0.05, 0) is 42.3 Å². The molecule has 2 aromatic carbocycles. The van der Waals surface area contributed by atoms with Gasteiger partial charge in [0.1, 0.15) is 11.0 Å². The second-order valence-electron chi connectivity index (χ2n) is 5.66. The largest absolute Gasteiger partial charge is 0.273 e. The van der Waals surface area contributed by atoms with Gasteiger partial charge < -0.3 is 0 Å². The monoisotopic (exact) mass is 355 g/mol. The molecule has 0 aliphatic carbocycles. The summed E-state index contributed by atoms with van der Waals surface area (Å²) in [5, 5.41) is 5.17. The maximum atomic E-state index is 12.8. The average Bonchev–Trinajstić information content (AvgIpc) is 2.57. The fourth-order valence-electron chi connectivity index (χ4n) is 2.36. The number of amides is 1. The van der Waals surface area contributed by atoms with Gasteiger partial charge in [-0.15, -0.1) is 0 Å². The van der Waals surface area contributed by atoms with E-state index in [4.69, 9.17) is 11.6 Å². The van der Waals surface area contributed by atoms with Crippen LogP contribution in [0.2, 0.25) is 5.15 Å². The molecule has 0 bridgehead atoms. The van der Waals surface area contributed by atoms with Crippen molar-refractivity contribution < 1.29 is 9.18 Å². The summed E-state index contributed by atoms with van der Waals surface area (Å²) in [6.07, 6.45) is 1.57. The van der Waals surface area contributed by atoms with Crippen molar-refractivity contribution in [1.82, 2.24) is 10.4 Å². The van der Waals surface area contributed by atoms with E-state index in [1.807, 2.05) is 31.2 Å². The summed E-state index contributed by atoms with van der Waals surface area (Å²) in [6.45, 7) is 1.99. The van der Waals surface area contributed by atoms with Crippen LogP contribution < -0.4 is 5.43 Å². The number of carbonyl (C=O) groups is 1. The van der Waals surface area contributed by atoms with Crippen molar-refractivity contribution in [2.45, 2.75) is 13.3 Å². The van der Waals surface area contributed by atoms with E-state index < -0.39 is 0 Å². The van der Waals surface area contributed by atoms with Crippen LogP contribution in [0, 0.1) is 12.7 Å². The number of rotatable bonds is 4. The second kappa shape index (κ2) is 7.40. The highest BCUT2D eigenvalue weighted by Crippen LogP contribution is 2.20. The molecule has 1 N–H and O–H groups in total. The third-order valence-corrected chi connectivity index (χ3v) is 3.93. The van der Waals surface area contributed by atoms with Crippen molar-refractivity contribution in [2.75, 3.05) is 0 Å². The zero-order valence-electron chi connectivity index (χ0n) is 13.5. The molecule has 1 amide bonds. The molecular formula is C19H15ClFN3O. The molecule has 0 spiro atoms. The fraction of sp³-hybridized carbons (Fsp3) is 0.105. The number of benzene rings is 2. The molecule has 3 aromatic rings. The molecule has 0 saturated heterocycles. The number of nitrogens with one attached hydrogen (secondary N) is 1. The number of carbonyl (C=O) groups excluding carboxylic acids is 1. The molecule has 1 heterocycles. The van der Waals surface area contributed by atoms with Crippen LogP contribution in [-0.4, -0.2) is 17.1 Å². The normalized spacial score (nSPS) is 11.2. The Hall–Kier alpha value is -2.79. The van der Waals surface area contributed by atoms with Gasteiger partial charge in [-0.2, -0.15) is 5.10 Å². The molecule has 25 heavy (non-hydrogen) atoms. The van der Waals surface area contributed by atoms with E-state index in [1.165, 1.54) is 18.3 Å². The minimum Gasteiger partial charge on any atom is -0.273 e. The first-order valence-corrected chi connectivity index (χ1v) is 8.02. The number of hydrogen-bond acceptors (Lipinski definition) is 3. The lowest BCUT2D eigenvalue weighted by molar-refractivity contribution is -0.120. The molecule has 0 saturated carbocycles. The standard InChI is InChI=1S/C19H15ClFN3O/c1-12-2-5-14-10-15(19(20)23-17(14)8-12)11-22-24-18(25)9-13-3-6-16(21)7-4-13/h2-8,10-11H,9H2,1H3,(H,24,25)/b22-11+. The Labute approximate surface area is 149 Å². The van der Waals surface area contributed by atoms with E-state index in [9.17, 15) is 9.18 Å². The molecule has 0 radical (unpaired) electrons. The first-order chi connectivity index (χ1) is 12.0. The number of nitrogens with zero attached hydrogens (tertiary/aromatic N) is 2. The summed E-state index contributed by atoms with van der Waals surface area (Å²) in [7, 11) is 0. The van der Waals surface area contributed by atoms with Gasteiger partial charge in [0.15, 0.2) is 0 Å². The average molecular weight is 356 g/mol. The SMILES string of the molecule is Cc1ccc2cc(/C=N/NC(=O)Cc3ccc(F)cc3)c(Cl)nc2c1. The molecule has 6 heteroatoms. The Morgan fingerprint density at radius 3 is 2.76 bits per heavy atom. The third-order valence-electron chi connectivity index (χ3n) is 3.62. The maximum absolute atomic E-state index is 12.8. The number of hydrazone groups is 1. The smallest absolute Gasteiger partial charge is 0.244 e. The number of pyridine rings is 1. The van der Waals surface area contributed by atoms with E-state index in [0.717, 1.165) is 16.5 Å². The molecular weight excluding hydrogens is 341 g/mol. The first-order valence-electron chi connectivity index (χ1n) is 7.64. The zero-order valence-corrected chi connectivity index (χ0v) is 14.2. The van der Waals surface area contributed by atoms with E-state index >= 15 is 0 Å². The number of halogens is 2. The van der Waals surface area contributed by atoms with Crippen LogP contribution in [0.5, 0.6) is 0 Å². The van der Waals surface area contributed by atoms with Crippen molar-refractivity contribution in [3.8, 4) is 0 Å². The van der Waals surface area contributed by atoms with Gasteiger partial charge in [0.2, 0.25) is 5.91 Å². The molecule has 0 unspecified atom stereocenters. The molecule has 0 aliphatic heterocycles. The topological polar surface area (TPSA) is 54.4 Å². The van der Waals surface area contributed by atoms with Crippen molar-refractivity contribution >= 4 is 34.6 Å². The van der Waals surface area contributed by atoms with Crippen molar-refractivity contribution in [3.05, 3.63) is 76.2 Å². The van der Waals surface area contributed by atoms with E-state index in [0.29, 0.717) is 16.3 Å². The second-order valence-corrected chi connectivity index (χ2v) is 6.02. The predicted molar refractivity (Wildman–Crippen MR) is 97.3 cm³/mol. The van der Waals surface area contributed by atoms with Gasteiger partial charge in [0.25, 0.3) is 0 Å². The van der Waals surface area contributed by atoms with Crippen LogP contribution in [0.25, 0.3) is 10.9 Å². The highest BCUT2D eigenvalue weighted by atomic mass is 35.5. The summed E-state index contributed by atoms with van der Waals surface area (Å²) >= 11 is 6.16. The zero-order chi connectivity index (χ0) is 17.8. The Kier molecular flexibility index (Phi) is 5.05. The lowest BCUT2D eigenvalue weighted by Crippen LogP contribution is -2.19. The minimum atomic E-state index is -0.337. The molecule has 0 fully saturated rings. The molecule has 126 valence electrons. The van der Waals surface area contributed by atoms with Crippen LogP contribution in [0.1, 0.15) is 16.7 Å². The summed E-state index contributed by atoms with van der Waals surface area (Å²) in [5.41, 5.74) is 5.65.